The van der Waals surface area contributed by atoms with Crippen molar-refractivity contribution in [2.45, 2.75) is 58.1 Å². The highest BCUT2D eigenvalue weighted by molar-refractivity contribution is 7.15. The van der Waals surface area contributed by atoms with Crippen LogP contribution in [0.15, 0.2) is 0 Å². The molecule has 0 radical (unpaired) electrons. The van der Waals surface area contributed by atoms with Crippen LogP contribution in [0.1, 0.15) is 44.2 Å². The lowest BCUT2D eigenvalue weighted by Crippen LogP contribution is -2.29. The summed E-state index contributed by atoms with van der Waals surface area (Å²) in [6.45, 7) is 7.51. The van der Waals surface area contributed by atoms with Crippen molar-refractivity contribution in [2.24, 2.45) is 0 Å². The summed E-state index contributed by atoms with van der Waals surface area (Å²) in [5, 5.41) is 6.70. The second kappa shape index (κ2) is 5.33. The van der Waals surface area contributed by atoms with Crippen molar-refractivity contribution in [3.05, 3.63) is 10.6 Å². The van der Waals surface area contributed by atoms with Crippen LogP contribution < -0.4 is 10.6 Å². The van der Waals surface area contributed by atoms with E-state index in [0.717, 1.165) is 12.1 Å². The number of aromatic nitrogens is 1. The summed E-state index contributed by atoms with van der Waals surface area (Å²) in [5.74, 6) is 0. The van der Waals surface area contributed by atoms with E-state index in [1.54, 1.807) is 0 Å². The fourth-order valence-corrected chi connectivity index (χ4v) is 3.10. The van der Waals surface area contributed by atoms with E-state index in [4.69, 9.17) is 4.74 Å². The zero-order chi connectivity index (χ0) is 15.0. The van der Waals surface area contributed by atoms with E-state index < -0.39 is 11.7 Å². The molecule has 112 valence electrons. The first kappa shape index (κ1) is 15.3. The Morgan fingerprint density at radius 1 is 1.45 bits per heavy atom. The Morgan fingerprint density at radius 3 is 2.60 bits per heavy atom. The molecule has 0 saturated heterocycles. The molecule has 0 aliphatic heterocycles. The van der Waals surface area contributed by atoms with E-state index in [1.807, 2.05) is 34.7 Å². The maximum Gasteiger partial charge on any atom is 0.413 e. The highest BCUT2D eigenvalue weighted by Gasteiger charge is 2.41. The van der Waals surface area contributed by atoms with Crippen LogP contribution in [0.2, 0.25) is 0 Å². The number of hydrogen-bond acceptors (Lipinski definition) is 5. The molecule has 2 rings (SSSR count). The minimum atomic E-state index is -0.497. The number of thiazole rings is 1. The third-order valence-corrected chi connectivity index (χ3v) is 4.46. The molecule has 1 heterocycles. The standard InChI is InChI=1S/C14H23N3O2S/c1-9-10(8-14(15-5)6-7-14)20-11(16-9)17-12(18)19-13(2,3)4/h15H,6-8H2,1-5H3,(H,16,17,18). The second-order valence-electron chi connectivity index (χ2n) is 6.36. The van der Waals surface area contributed by atoms with Crippen LogP contribution in [0.5, 0.6) is 0 Å². The molecule has 1 aliphatic rings. The highest BCUT2D eigenvalue weighted by atomic mass is 32.1. The van der Waals surface area contributed by atoms with Gasteiger partial charge in [0, 0.05) is 16.8 Å². The van der Waals surface area contributed by atoms with Gasteiger partial charge in [0.25, 0.3) is 0 Å². The zero-order valence-corrected chi connectivity index (χ0v) is 13.6. The molecule has 0 spiro atoms. The van der Waals surface area contributed by atoms with Gasteiger partial charge in [-0.25, -0.2) is 9.78 Å². The van der Waals surface area contributed by atoms with Gasteiger partial charge in [0.05, 0.1) is 5.69 Å². The Labute approximate surface area is 124 Å². The first-order valence-corrected chi connectivity index (χ1v) is 7.70. The van der Waals surface area contributed by atoms with Crippen LogP contribution in [-0.4, -0.2) is 29.3 Å². The summed E-state index contributed by atoms with van der Waals surface area (Å²) in [4.78, 5) is 17.4. The maximum atomic E-state index is 11.7. The van der Waals surface area contributed by atoms with E-state index in [-0.39, 0.29) is 5.54 Å². The monoisotopic (exact) mass is 297 g/mol. The molecule has 1 aromatic heterocycles. The normalized spacial score (nSPS) is 16.9. The smallest absolute Gasteiger partial charge is 0.413 e. The Bertz CT molecular complexity index is 501. The van der Waals surface area contributed by atoms with Crippen LogP contribution in [0.25, 0.3) is 0 Å². The lowest BCUT2D eigenvalue weighted by molar-refractivity contribution is 0.0636. The number of aryl methyl sites for hydroxylation is 1. The first-order chi connectivity index (χ1) is 9.23. The van der Waals surface area contributed by atoms with E-state index in [9.17, 15) is 4.79 Å². The van der Waals surface area contributed by atoms with Gasteiger partial charge in [0.2, 0.25) is 0 Å². The number of anilines is 1. The predicted molar refractivity (Wildman–Crippen MR) is 81.4 cm³/mol. The molecule has 0 atom stereocenters. The number of ether oxygens (including phenoxy) is 1. The van der Waals surface area contributed by atoms with Crippen LogP contribution in [-0.2, 0) is 11.2 Å². The summed E-state index contributed by atoms with van der Waals surface area (Å²) in [6, 6.07) is 0. The van der Waals surface area contributed by atoms with Gasteiger partial charge in [-0.15, -0.1) is 11.3 Å². The Hall–Kier alpha value is -1.14. The van der Waals surface area contributed by atoms with Gasteiger partial charge < -0.3 is 10.1 Å². The Kier molecular flexibility index (Phi) is 4.07. The van der Waals surface area contributed by atoms with E-state index in [1.165, 1.54) is 29.1 Å². The second-order valence-corrected chi connectivity index (χ2v) is 7.45. The molecule has 1 aliphatic carbocycles. The Morgan fingerprint density at radius 2 is 2.10 bits per heavy atom. The summed E-state index contributed by atoms with van der Waals surface area (Å²) < 4.78 is 5.23. The molecule has 1 amide bonds. The number of nitrogens with zero attached hydrogens (tertiary/aromatic N) is 1. The summed E-state index contributed by atoms with van der Waals surface area (Å²) >= 11 is 1.53. The van der Waals surface area contributed by atoms with Gasteiger partial charge in [-0.3, -0.25) is 5.32 Å². The van der Waals surface area contributed by atoms with Gasteiger partial charge in [0.15, 0.2) is 5.13 Å². The molecule has 2 N–H and O–H groups in total. The van der Waals surface area contributed by atoms with Crippen molar-refractivity contribution in [1.82, 2.24) is 10.3 Å². The van der Waals surface area contributed by atoms with Crippen molar-refractivity contribution in [3.63, 3.8) is 0 Å². The molecule has 1 aromatic rings. The number of amides is 1. The first-order valence-electron chi connectivity index (χ1n) is 6.88. The topological polar surface area (TPSA) is 63.2 Å². The maximum absolute atomic E-state index is 11.7. The van der Waals surface area contributed by atoms with Crippen LogP contribution in [0.4, 0.5) is 9.93 Å². The Balaban J connectivity index is 1.99. The average Bonchev–Trinajstić information content (AvgIpc) is 2.98. The molecule has 6 heteroatoms. The molecular weight excluding hydrogens is 274 g/mol. The van der Waals surface area contributed by atoms with Crippen LogP contribution in [0, 0.1) is 6.92 Å². The predicted octanol–water partition coefficient (Wildman–Crippen LogP) is 3.09. The van der Waals surface area contributed by atoms with Gasteiger partial charge in [-0.1, -0.05) is 0 Å². The molecule has 0 aromatic carbocycles. The summed E-state index contributed by atoms with van der Waals surface area (Å²) in [5.41, 5.74) is 0.742. The molecule has 0 bridgehead atoms. The largest absolute Gasteiger partial charge is 0.444 e. The highest BCUT2D eigenvalue weighted by Crippen LogP contribution is 2.40. The number of nitrogens with one attached hydrogen (secondary N) is 2. The lowest BCUT2D eigenvalue weighted by Gasteiger charge is -2.18. The number of hydrogen-bond donors (Lipinski definition) is 2. The number of likely N-dealkylation sites (N-methyl/N-ethyl adjacent to an activating group) is 1. The molecule has 0 unspecified atom stereocenters. The summed E-state index contributed by atoms with van der Waals surface area (Å²) in [7, 11) is 2.00. The third-order valence-electron chi connectivity index (χ3n) is 3.38. The quantitative estimate of drug-likeness (QED) is 0.896. The lowest BCUT2D eigenvalue weighted by atomic mass is 10.1. The van der Waals surface area contributed by atoms with Crippen molar-refractivity contribution >= 4 is 22.6 Å². The fraction of sp³-hybridized carbons (Fsp3) is 0.714. The van der Waals surface area contributed by atoms with Crippen LogP contribution in [0.3, 0.4) is 0 Å². The van der Waals surface area contributed by atoms with Crippen molar-refractivity contribution in [2.75, 3.05) is 12.4 Å². The minimum Gasteiger partial charge on any atom is -0.444 e. The molecule has 20 heavy (non-hydrogen) atoms. The van der Waals surface area contributed by atoms with Gasteiger partial charge >= 0.3 is 6.09 Å². The molecule has 1 saturated carbocycles. The van der Waals surface area contributed by atoms with Gasteiger partial charge in [-0.05, 0) is 47.6 Å². The molecular formula is C14H23N3O2S. The average molecular weight is 297 g/mol. The van der Waals surface area contributed by atoms with Gasteiger partial charge in [-0.2, -0.15) is 0 Å². The van der Waals surface area contributed by atoms with Crippen molar-refractivity contribution in [3.8, 4) is 0 Å². The SMILES string of the molecule is CNC1(Cc2sc(NC(=O)OC(C)(C)C)nc2C)CC1. The third kappa shape index (κ3) is 3.93. The van der Waals surface area contributed by atoms with Gasteiger partial charge in [0.1, 0.15) is 5.60 Å². The van der Waals surface area contributed by atoms with Crippen molar-refractivity contribution < 1.29 is 9.53 Å². The minimum absolute atomic E-state index is 0.250. The number of carbonyl (C=O) groups is 1. The molecule has 1 fully saturated rings. The van der Waals surface area contributed by atoms with Crippen molar-refractivity contribution in [1.29, 1.82) is 0 Å². The number of carbonyl (C=O) groups excluding carboxylic acids is 1. The van der Waals surface area contributed by atoms with Crippen LogP contribution >= 0.6 is 11.3 Å². The van der Waals surface area contributed by atoms with E-state index >= 15 is 0 Å². The van der Waals surface area contributed by atoms with E-state index in [0.29, 0.717) is 5.13 Å². The zero-order valence-electron chi connectivity index (χ0n) is 12.8. The number of rotatable bonds is 4. The fourth-order valence-electron chi connectivity index (χ4n) is 2.01. The molecule has 5 nitrogen and oxygen atoms in total. The van der Waals surface area contributed by atoms with E-state index in [2.05, 4.69) is 15.6 Å². The summed E-state index contributed by atoms with van der Waals surface area (Å²) in [6.07, 6.45) is 2.93.